The molecule has 0 heterocycles. The number of aliphatic hydroxyl groups excluding tert-OH is 1. The van der Waals surface area contributed by atoms with Gasteiger partial charge in [0.05, 0.1) is 5.76 Å². The Morgan fingerprint density at radius 3 is 2.20 bits per heavy atom. The Balaban J connectivity index is 2.85. The summed E-state index contributed by atoms with van der Waals surface area (Å²) in [6, 6.07) is 0. The molecule has 0 aliphatic rings. The molecule has 0 aromatic carbocycles. The molecule has 0 amide bonds. The molecule has 0 aromatic heterocycles. The van der Waals surface area contributed by atoms with E-state index in [4.69, 9.17) is 5.11 Å². The first-order chi connectivity index (χ1) is 2.27. The van der Waals surface area contributed by atoms with Gasteiger partial charge in [-0.15, -0.1) is 0 Å². The molecule has 0 aromatic rings. The highest BCUT2D eigenvalue weighted by Crippen LogP contribution is 1.81. The second-order valence-corrected chi connectivity index (χ2v) is 1.04. The highest BCUT2D eigenvalue weighted by Gasteiger charge is 1.71. The molecule has 0 spiro atoms. The summed E-state index contributed by atoms with van der Waals surface area (Å²) >= 11 is 3.67. The van der Waals surface area contributed by atoms with Crippen LogP contribution >= 0.6 is 12.6 Å². The van der Waals surface area contributed by atoms with Crippen molar-refractivity contribution in [1.82, 2.24) is 0 Å². The van der Waals surface area contributed by atoms with Gasteiger partial charge in [0, 0.05) is 5.75 Å². The Labute approximate surface area is 36.7 Å². The molecular formula is C3H6OS. The average molecular weight is 90.1 g/mol. The van der Waals surface area contributed by atoms with Crippen LogP contribution in [0, 0.1) is 0 Å². The Morgan fingerprint density at radius 2 is 2.20 bits per heavy atom. The van der Waals surface area contributed by atoms with Gasteiger partial charge < -0.3 is 5.11 Å². The molecule has 30 valence electrons. The summed E-state index contributed by atoms with van der Waals surface area (Å²) in [6.07, 6.45) is 0. The molecule has 5 heavy (non-hydrogen) atoms. The zero-order valence-electron chi connectivity index (χ0n) is 2.81. The second kappa shape index (κ2) is 2.15. The van der Waals surface area contributed by atoms with E-state index in [0.29, 0.717) is 5.75 Å². The third-order valence-electron chi connectivity index (χ3n) is 0.183. The lowest BCUT2D eigenvalue weighted by Crippen LogP contribution is -1.72. The maximum atomic E-state index is 8.09. The quantitative estimate of drug-likeness (QED) is 0.363. The minimum Gasteiger partial charge on any atom is -0.512 e. The van der Waals surface area contributed by atoms with Crippen LogP contribution in [-0.2, 0) is 0 Å². The van der Waals surface area contributed by atoms with E-state index in [1.165, 1.54) is 0 Å². The van der Waals surface area contributed by atoms with Gasteiger partial charge in [0.1, 0.15) is 0 Å². The molecule has 0 unspecified atom stereocenters. The highest BCUT2D eigenvalue weighted by molar-refractivity contribution is 7.80. The van der Waals surface area contributed by atoms with Crippen LogP contribution < -0.4 is 0 Å². The smallest absolute Gasteiger partial charge is 0.0947 e. The first-order valence-electron chi connectivity index (χ1n) is 1.25. The van der Waals surface area contributed by atoms with E-state index >= 15 is 0 Å². The normalized spacial score (nSPS) is 7.40. The van der Waals surface area contributed by atoms with Gasteiger partial charge in [-0.2, -0.15) is 12.6 Å². The number of rotatable bonds is 1. The topological polar surface area (TPSA) is 20.2 Å². The van der Waals surface area contributed by atoms with E-state index in [-0.39, 0.29) is 5.76 Å². The number of thiol groups is 1. The van der Waals surface area contributed by atoms with E-state index in [2.05, 4.69) is 19.2 Å². The molecule has 0 saturated heterocycles. The fraction of sp³-hybridized carbons (Fsp3) is 0.333. The van der Waals surface area contributed by atoms with Crippen LogP contribution in [-0.4, -0.2) is 10.9 Å². The van der Waals surface area contributed by atoms with Crippen LogP contribution in [0.25, 0.3) is 0 Å². The maximum Gasteiger partial charge on any atom is 0.0947 e. The van der Waals surface area contributed by atoms with Crippen molar-refractivity contribution in [2.45, 2.75) is 0 Å². The lowest BCUT2D eigenvalue weighted by molar-refractivity contribution is 0.420. The Hall–Kier alpha value is -0.110. The first kappa shape index (κ1) is 4.89. The SMILES string of the molecule is C=C(O)CS. The summed E-state index contributed by atoms with van der Waals surface area (Å²) < 4.78 is 0. The Bertz CT molecular complexity index is 42.2. The Kier molecular flexibility index (Phi) is 2.10. The molecule has 0 fully saturated rings. The summed E-state index contributed by atoms with van der Waals surface area (Å²) in [5, 5.41) is 8.09. The van der Waals surface area contributed by atoms with E-state index in [9.17, 15) is 0 Å². The van der Waals surface area contributed by atoms with Crippen molar-refractivity contribution in [1.29, 1.82) is 0 Å². The number of aliphatic hydroxyl groups is 1. The standard InChI is InChI=1S/C3H6OS/c1-3(4)2-5/h4-5H,1-2H2. The molecule has 0 saturated carbocycles. The molecule has 0 aliphatic heterocycles. The lowest BCUT2D eigenvalue weighted by atomic mass is 10.7. The molecule has 0 aliphatic carbocycles. The van der Waals surface area contributed by atoms with Crippen molar-refractivity contribution < 1.29 is 5.11 Å². The van der Waals surface area contributed by atoms with Crippen molar-refractivity contribution >= 4 is 12.6 Å². The predicted molar refractivity (Wildman–Crippen MR) is 25.6 cm³/mol. The molecule has 0 rings (SSSR count). The van der Waals surface area contributed by atoms with E-state index in [0.717, 1.165) is 0 Å². The molecule has 2 heteroatoms. The number of hydrogen-bond donors (Lipinski definition) is 2. The Morgan fingerprint density at radius 1 is 2.00 bits per heavy atom. The minimum atomic E-state index is 0.119. The van der Waals surface area contributed by atoms with Gasteiger partial charge in [-0.1, -0.05) is 6.58 Å². The van der Waals surface area contributed by atoms with Gasteiger partial charge in [-0.3, -0.25) is 0 Å². The monoisotopic (exact) mass is 90.0 g/mol. The summed E-state index contributed by atoms with van der Waals surface area (Å²) in [7, 11) is 0. The van der Waals surface area contributed by atoms with Gasteiger partial charge in [0.25, 0.3) is 0 Å². The van der Waals surface area contributed by atoms with E-state index in [1.807, 2.05) is 0 Å². The molecule has 0 radical (unpaired) electrons. The van der Waals surface area contributed by atoms with Gasteiger partial charge in [-0.05, 0) is 0 Å². The highest BCUT2D eigenvalue weighted by atomic mass is 32.1. The van der Waals surface area contributed by atoms with Gasteiger partial charge in [0.2, 0.25) is 0 Å². The molecule has 0 atom stereocenters. The largest absolute Gasteiger partial charge is 0.512 e. The summed E-state index contributed by atoms with van der Waals surface area (Å²) in [5.74, 6) is 0.480. The predicted octanol–water partition coefficient (Wildman–Crippen LogP) is 0.988. The van der Waals surface area contributed by atoms with Gasteiger partial charge >= 0.3 is 0 Å². The molecule has 1 N–H and O–H groups in total. The van der Waals surface area contributed by atoms with E-state index in [1.54, 1.807) is 0 Å². The zero-order chi connectivity index (χ0) is 4.28. The van der Waals surface area contributed by atoms with Gasteiger partial charge in [0.15, 0.2) is 0 Å². The first-order valence-corrected chi connectivity index (χ1v) is 1.88. The fourth-order valence-corrected chi connectivity index (χ4v) is 0. The number of hydrogen-bond acceptors (Lipinski definition) is 2. The summed E-state index contributed by atoms with van der Waals surface area (Å²) in [5.41, 5.74) is 0. The van der Waals surface area contributed by atoms with E-state index < -0.39 is 0 Å². The van der Waals surface area contributed by atoms with Crippen molar-refractivity contribution in [2.24, 2.45) is 0 Å². The molecule has 1 nitrogen and oxygen atoms in total. The van der Waals surface area contributed by atoms with Crippen molar-refractivity contribution in [2.75, 3.05) is 5.75 Å². The van der Waals surface area contributed by atoms with Crippen LogP contribution in [0.5, 0.6) is 0 Å². The third-order valence-corrected chi connectivity index (χ3v) is 0.548. The van der Waals surface area contributed by atoms with Crippen LogP contribution in [0.15, 0.2) is 12.3 Å². The van der Waals surface area contributed by atoms with Gasteiger partial charge in [-0.25, -0.2) is 0 Å². The zero-order valence-corrected chi connectivity index (χ0v) is 3.70. The van der Waals surface area contributed by atoms with Crippen LogP contribution in [0.1, 0.15) is 0 Å². The molecule has 0 bridgehead atoms. The molecular weight excluding hydrogens is 84.1 g/mol. The lowest BCUT2D eigenvalue weighted by Gasteiger charge is -1.79. The summed E-state index contributed by atoms with van der Waals surface area (Å²) in [6.45, 7) is 3.15. The van der Waals surface area contributed by atoms with Crippen molar-refractivity contribution in [3.8, 4) is 0 Å². The van der Waals surface area contributed by atoms with Crippen LogP contribution in [0.3, 0.4) is 0 Å². The summed E-state index contributed by atoms with van der Waals surface area (Å²) in [4.78, 5) is 0. The third kappa shape index (κ3) is 3.89. The minimum absolute atomic E-state index is 0.119. The van der Waals surface area contributed by atoms with Crippen molar-refractivity contribution in [3.63, 3.8) is 0 Å². The fourth-order valence-electron chi connectivity index (χ4n) is 0. The maximum absolute atomic E-state index is 8.09. The van der Waals surface area contributed by atoms with Crippen LogP contribution in [0.4, 0.5) is 0 Å². The average Bonchev–Trinajstić information content (AvgIpc) is 1.38. The second-order valence-electron chi connectivity index (χ2n) is 0.724. The van der Waals surface area contributed by atoms with Crippen LogP contribution in [0.2, 0.25) is 0 Å². The van der Waals surface area contributed by atoms with Crippen molar-refractivity contribution in [3.05, 3.63) is 12.3 Å².